The van der Waals surface area contributed by atoms with Crippen LogP contribution in [0.2, 0.25) is 0 Å². The molecular formula is C11H14O2S. The van der Waals surface area contributed by atoms with Crippen molar-refractivity contribution in [1.82, 2.24) is 0 Å². The normalized spacial score (nSPS) is 14.9. The maximum absolute atomic E-state index is 11.6. The number of carbonyl (C=O) groups is 1. The van der Waals surface area contributed by atoms with Crippen molar-refractivity contribution < 1.29 is 9.53 Å². The lowest BCUT2D eigenvalue weighted by atomic mass is 9.96. The number of ether oxygens (including phenoxy) is 1. The topological polar surface area (TPSA) is 26.3 Å². The van der Waals surface area contributed by atoms with Crippen molar-refractivity contribution in [2.45, 2.75) is 32.6 Å². The first kappa shape index (κ1) is 9.71. The zero-order valence-corrected chi connectivity index (χ0v) is 9.15. The van der Waals surface area contributed by atoms with Gasteiger partial charge in [0, 0.05) is 10.3 Å². The molecule has 0 atom stereocenters. The largest absolute Gasteiger partial charge is 0.462 e. The van der Waals surface area contributed by atoms with E-state index in [1.807, 2.05) is 12.3 Å². The van der Waals surface area contributed by atoms with Crippen molar-refractivity contribution in [3.63, 3.8) is 0 Å². The van der Waals surface area contributed by atoms with E-state index in [2.05, 4.69) is 0 Å². The number of thiophene rings is 1. The number of fused-ring (bicyclic) bond motifs is 1. The molecule has 1 aliphatic rings. The van der Waals surface area contributed by atoms with E-state index in [-0.39, 0.29) is 5.97 Å². The second-order valence-corrected chi connectivity index (χ2v) is 4.44. The quantitative estimate of drug-likeness (QED) is 0.702. The number of hydrogen-bond acceptors (Lipinski definition) is 3. The van der Waals surface area contributed by atoms with Gasteiger partial charge in [-0.3, -0.25) is 0 Å². The summed E-state index contributed by atoms with van der Waals surface area (Å²) < 4.78 is 5.02. The van der Waals surface area contributed by atoms with Gasteiger partial charge in [0.25, 0.3) is 0 Å². The Morgan fingerprint density at radius 1 is 1.50 bits per heavy atom. The van der Waals surface area contributed by atoms with Crippen molar-refractivity contribution in [2.75, 3.05) is 6.61 Å². The van der Waals surface area contributed by atoms with Gasteiger partial charge in [0.1, 0.15) is 0 Å². The molecule has 76 valence electrons. The average molecular weight is 210 g/mol. The Morgan fingerprint density at radius 3 is 3.07 bits per heavy atom. The second-order valence-electron chi connectivity index (χ2n) is 3.48. The first-order chi connectivity index (χ1) is 6.83. The molecule has 1 aromatic heterocycles. The second kappa shape index (κ2) is 4.13. The molecule has 1 heterocycles. The lowest BCUT2D eigenvalue weighted by molar-refractivity contribution is 0.0525. The molecule has 0 aromatic carbocycles. The molecule has 1 aliphatic carbocycles. The molecule has 14 heavy (non-hydrogen) atoms. The summed E-state index contributed by atoms with van der Waals surface area (Å²) in [4.78, 5) is 13.0. The van der Waals surface area contributed by atoms with Gasteiger partial charge in [-0.05, 0) is 38.2 Å². The predicted octanol–water partition coefficient (Wildman–Crippen LogP) is 2.80. The number of rotatable bonds is 2. The Balaban J connectivity index is 2.25. The van der Waals surface area contributed by atoms with Gasteiger partial charge in [0.2, 0.25) is 0 Å². The van der Waals surface area contributed by atoms with Crippen molar-refractivity contribution >= 4 is 17.3 Å². The highest BCUT2D eigenvalue weighted by Crippen LogP contribution is 2.30. The molecule has 0 saturated heterocycles. The molecule has 0 aliphatic heterocycles. The van der Waals surface area contributed by atoms with Crippen LogP contribution in [-0.2, 0) is 17.6 Å². The van der Waals surface area contributed by atoms with Crippen LogP contribution < -0.4 is 0 Å². The van der Waals surface area contributed by atoms with Gasteiger partial charge in [-0.1, -0.05) is 0 Å². The number of carbonyl (C=O) groups excluding carboxylic acids is 1. The average Bonchev–Trinajstić information content (AvgIpc) is 2.61. The summed E-state index contributed by atoms with van der Waals surface area (Å²) in [6.07, 6.45) is 4.65. The fourth-order valence-corrected chi connectivity index (χ4v) is 2.99. The third-order valence-corrected chi connectivity index (χ3v) is 3.65. The van der Waals surface area contributed by atoms with E-state index in [9.17, 15) is 4.79 Å². The molecule has 0 fully saturated rings. The van der Waals surface area contributed by atoms with E-state index >= 15 is 0 Å². The van der Waals surface area contributed by atoms with Crippen molar-refractivity contribution in [1.29, 1.82) is 0 Å². The minimum atomic E-state index is -0.146. The molecule has 3 heteroatoms. The summed E-state index contributed by atoms with van der Waals surface area (Å²) in [5.41, 5.74) is 2.06. The van der Waals surface area contributed by atoms with Gasteiger partial charge in [-0.2, -0.15) is 0 Å². The van der Waals surface area contributed by atoms with Crippen molar-refractivity contribution in [2.24, 2.45) is 0 Å². The number of aryl methyl sites for hydroxylation is 1. The van der Waals surface area contributed by atoms with Crippen molar-refractivity contribution in [3.8, 4) is 0 Å². The Labute approximate surface area is 87.9 Å². The Morgan fingerprint density at radius 2 is 2.29 bits per heavy atom. The van der Waals surface area contributed by atoms with Crippen LogP contribution in [0.5, 0.6) is 0 Å². The van der Waals surface area contributed by atoms with E-state index in [0.29, 0.717) is 6.61 Å². The fourth-order valence-electron chi connectivity index (χ4n) is 1.87. The fraction of sp³-hybridized carbons (Fsp3) is 0.545. The van der Waals surface area contributed by atoms with Gasteiger partial charge in [0.05, 0.1) is 12.2 Å². The van der Waals surface area contributed by atoms with Crippen LogP contribution in [0.4, 0.5) is 0 Å². The van der Waals surface area contributed by atoms with Crippen LogP contribution in [0.25, 0.3) is 0 Å². The van der Waals surface area contributed by atoms with Gasteiger partial charge < -0.3 is 4.74 Å². The van der Waals surface area contributed by atoms with Crippen LogP contribution in [0.1, 0.15) is 40.6 Å². The lowest BCUT2D eigenvalue weighted by Crippen LogP contribution is -2.09. The van der Waals surface area contributed by atoms with Gasteiger partial charge in [-0.25, -0.2) is 4.79 Å². The number of esters is 1. The zero-order chi connectivity index (χ0) is 9.97. The maximum Gasteiger partial charge on any atom is 0.339 e. The molecule has 0 spiro atoms. The molecule has 0 saturated carbocycles. The van der Waals surface area contributed by atoms with E-state index < -0.39 is 0 Å². The summed E-state index contributed by atoms with van der Waals surface area (Å²) in [6, 6.07) is 0. The minimum Gasteiger partial charge on any atom is -0.462 e. The Kier molecular flexibility index (Phi) is 2.87. The van der Waals surface area contributed by atoms with E-state index in [1.54, 1.807) is 11.3 Å². The van der Waals surface area contributed by atoms with Crippen LogP contribution >= 0.6 is 11.3 Å². The maximum atomic E-state index is 11.6. The molecule has 0 N–H and O–H groups in total. The molecular weight excluding hydrogens is 196 g/mol. The van der Waals surface area contributed by atoms with Crippen molar-refractivity contribution in [3.05, 3.63) is 21.4 Å². The predicted molar refractivity (Wildman–Crippen MR) is 56.9 cm³/mol. The highest BCUT2D eigenvalue weighted by molar-refractivity contribution is 7.10. The first-order valence-electron chi connectivity index (χ1n) is 5.09. The highest BCUT2D eigenvalue weighted by Gasteiger charge is 2.20. The molecule has 0 amide bonds. The lowest BCUT2D eigenvalue weighted by Gasteiger charge is -2.11. The third kappa shape index (κ3) is 1.69. The highest BCUT2D eigenvalue weighted by atomic mass is 32.1. The van der Waals surface area contributed by atoms with Gasteiger partial charge >= 0.3 is 5.97 Å². The molecule has 2 rings (SSSR count). The zero-order valence-electron chi connectivity index (χ0n) is 8.34. The summed E-state index contributed by atoms with van der Waals surface area (Å²) in [7, 11) is 0. The standard InChI is InChI=1S/C11H14O2S/c1-2-13-11(12)9-7-14-10-6-4-3-5-8(9)10/h7H,2-6H2,1H3. The molecule has 0 unspecified atom stereocenters. The van der Waals surface area contributed by atoms with E-state index in [1.165, 1.54) is 23.3 Å². The van der Waals surface area contributed by atoms with Gasteiger partial charge in [0.15, 0.2) is 0 Å². The van der Waals surface area contributed by atoms with Crippen LogP contribution in [0, 0.1) is 0 Å². The van der Waals surface area contributed by atoms with Gasteiger partial charge in [-0.15, -0.1) is 11.3 Å². The van der Waals surface area contributed by atoms with Crippen LogP contribution in [0.3, 0.4) is 0 Å². The van der Waals surface area contributed by atoms with E-state index in [4.69, 9.17) is 4.74 Å². The minimum absolute atomic E-state index is 0.146. The van der Waals surface area contributed by atoms with E-state index in [0.717, 1.165) is 18.4 Å². The smallest absolute Gasteiger partial charge is 0.339 e. The van der Waals surface area contributed by atoms with Crippen LogP contribution in [0.15, 0.2) is 5.38 Å². The summed E-state index contributed by atoms with van der Waals surface area (Å²) in [5.74, 6) is -0.146. The summed E-state index contributed by atoms with van der Waals surface area (Å²) in [5, 5.41) is 1.95. The monoisotopic (exact) mass is 210 g/mol. The Bertz CT molecular complexity index is 341. The molecule has 2 nitrogen and oxygen atoms in total. The van der Waals surface area contributed by atoms with Crippen LogP contribution in [-0.4, -0.2) is 12.6 Å². The molecule has 0 radical (unpaired) electrons. The Hall–Kier alpha value is -0.830. The summed E-state index contributed by atoms with van der Waals surface area (Å²) in [6.45, 7) is 2.31. The molecule has 1 aromatic rings. The summed E-state index contributed by atoms with van der Waals surface area (Å²) >= 11 is 1.71. The SMILES string of the molecule is CCOC(=O)c1csc2c1CCCC2. The first-order valence-corrected chi connectivity index (χ1v) is 5.97. The third-order valence-electron chi connectivity index (χ3n) is 2.56. The molecule has 0 bridgehead atoms. The number of hydrogen-bond donors (Lipinski definition) is 0.